The first-order chi connectivity index (χ1) is 37.7. The number of hydrogen-bond acceptors (Lipinski definition) is 28. The summed E-state index contributed by atoms with van der Waals surface area (Å²) in [5.41, 5.74) is -7.38. The number of fused-ring (bicyclic) bond motifs is 3. The van der Waals surface area contributed by atoms with Gasteiger partial charge in [0.15, 0.2) is 35.6 Å². The van der Waals surface area contributed by atoms with Gasteiger partial charge < -0.3 is 130 Å². The molecule has 0 radical (unpaired) electrons. The van der Waals surface area contributed by atoms with E-state index in [-0.39, 0.29) is 16.7 Å². The molecule has 2 aromatic rings. The third-order valence-electron chi connectivity index (χ3n) is 15.9. The van der Waals surface area contributed by atoms with Crippen molar-refractivity contribution in [3.05, 3.63) is 76.3 Å². The SMILES string of the molecule is O=C(O)C1=CO[C@@H](O[C@@H]2O[C@H](CO)[C@@H](O)[C@H](O)[C@H]2O)[C@H]2[C@@H]1[C@@H](O)C[C@]2(O)COC(=O)C1=Cc2cc(O)c(O)cc2[C@@H](c2ccc(O)c(O)c2)[C@@H]1C(=O)OC[C@@]1(O)C[C@H](O)[C@@H]2C(C(=O)O)=CO[C@@H](O[C@@H]3O[C@H](CO)[C@@H](O)[C@H](O)[C@H]3O)[C@@H]21. The second-order valence-electron chi connectivity index (χ2n) is 20.7. The van der Waals surface area contributed by atoms with E-state index in [0.717, 1.165) is 30.3 Å². The average Bonchev–Trinajstić information content (AvgIpc) is 3.90. The smallest absolute Gasteiger partial charge is 0.335 e. The number of benzene rings is 2. The second kappa shape index (κ2) is 22.2. The van der Waals surface area contributed by atoms with E-state index >= 15 is 4.79 Å². The van der Waals surface area contributed by atoms with Gasteiger partial charge in [0.25, 0.3) is 0 Å². The van der Waals surface area contributed by atoms with E-state index in [4.69, 9.17) is 37.9 Å². The Morgan fingerprint density at radius 3 is 1.49 bits per heavy atom. The minimum atomic E-state index is -2.59. The highest BCUT2D eigenvalue weighted by Gasteiger charge is 2.64. The Kier molecular flexibility index (Phi) is 16.2. The van der Waals surface area contributed by atoms with Gasteiger partial charge >= 0.3 is 23.9 Å². The van der Waals surface area contributed by atoms with Crippen LogP contribution in [0.5, 0.6) is 23.0 Å². The van der Waals surface area contributed by atoms with Gasteiger partial charge in [-0.25, -0.2) is 14.4 Å². The maximum atomic E-state index is 15.1. The summed E-state index contributed by atoms with van der Waals surface area (Å²) in [7, 11) is 0. The molecule has 438 valence electrons. The summed E-state index contributed by atoms with van der Waals surface area (Å²) in [4.78, 5) is 54.9. The van der Waals surface area contributed by atoms with Gasteiger partial charge in [-0.1, -0.05) is 6.07 Å². The molecule has 3 aliphatic carbocycles. The number of phenols is 4. The van der Waals surface area contributed by atoms with E-state index < -0.39 is 236 Å². The largest absolute Gasteiger partial charge is 0.504 e. The zero-order valence-electron chi connectivity index (χ0n) is 41.4. The first-order valence-electron chi connectivity index (χ1n) is 24.8. The number of aliphatic hydroxyl groups excluding tert-OH is 10. The number of rotatable bonds is 15. The van der Waals surface area contributed by atoms with E-state index in [0.29, 0.717) is 12.5 Å². The van der Waals surface area contributed by atoms with Gasteiger partial charge in [-0.2, -0.15) is 0 Å². The van der Waals surface area contributed by atoms with E-state index in [1.54, 1.807) is 0 Å². The van der Waals surface area contributed by atoms with E-state index in [2.05, 4.69) is 0 Å². The van der Waals surface area contributed by atoms with Crippen molar-refractivity contribution >= 4 is 30.0 Å². The molecule has 2 saturated heterocycles. The van der Waals surface area contributed by atoms with Crippen molar-refractivity contribution in [2.24, 2.45) is 29.6 Å². The monoisotopic (exact) mass is 1140 g/mol. The molecule has 2 saturated carbocycles. The Morgan fingerprint density at radius 1 is 0.562 bits per heavy atom. The van der Waals surface area contributed by atoms with Crippen molar-refractivity contribution in [1.82, 2.24) is 0 Å². The Labute approximate surface area is 449 Å². The summed E-state index contributed by atoms with van der Waals surface area (Å²) in [6, 6.07) is 5.08. The molecule has 0 amide bonds. The summed E-state index contributed by atoms with van der Waals surface area (Å²) >= 11 is 0. The summed E-state index contributed by atoms with van der Waals surface area (Å²) in [5, 5.41) is 193. The summed E-state index contributed by atoms with van der Waals surface area (Å²) < 4.78 is 45.0. The predicted octanol–water partition coefficient (Wildman–Crippen LogP) is -5.52. The lowest BCUT2D eigenvalue weighted by Crippen LogP contribution is -2.61. The minimum absolute atomic E-state index is 0.0650. The number of phenolic OH excluding ortho intramolecular Hbond substituents is 4. The predicted molar refractivity (Wildman–Crippen MR) is 251 cm³/mol. The molecule has 30 heteroatoms. The molecule has 4 heterocycles. The van der Waals surface area contributed by atoms with Crippen LogP contribution in [-0.2, 0) is 57.1 Å². The number of carbonyl (C=O) groups is 4. The summed E-state index contributed by atoms with van der Waals surface area (Å²) in [6.45, 7) is -4.23. The quantitative estimate of drug-likeness (QED) is 0.0584. The van der Waals surface area contributed by atoms with Crippen molar-refractivity contribution in [2.75, 3.05) is 26.4 Å². The normalized spacial score (nSPS) is 40.1. The van der Waals surface area contributed by atoms with E-state index in [1.807, 2.05) is 0 Å². The number of esters is 2. The zero-order valence-corrected chi connectivity index (χ0v) is 41.4. The fourth-order valence-corrected chi connectivity index (χ4v) is 11.9. The molecule has 4 fully saturated rings. The van der Waals surface area contributed by atoms with Crippen LogP contribution in [0.25, 0.3) is 6.08 Å². The van der Waals surface area contributed by atoms with Crippen molar-refractivity contribution in [1.29, 1.82) is 0 Å². The summed E-state index contributed by atoms with van der Waals surface area (Å²) in [5.74, 6) is -19.6. The van der Waals surface area contributed by atoms with Crippen LogP contribution in [0.2, 0.25) is 0 Å². The highest BCUT2D eigenvalue weighted by molar-refractivity contribution is 6.02. The van der Waals surface area contributed by atoms with E-state index in [9.17, 15) is 106 Å². The molecule has 30 nitrogen and oxygen atoms in total. The Bertz CT molecular complexity index is 2810. The van der Waals surface area contributed by atoms with Crippen molar-refractivity contribution in [2.45, 2.75) is 116 Å². The van der Waals surface area contributed by atoms with Gasteiger partial charge in [0.05, 0.1) is 72.4 Å². The number of aliphatic hydroxyl groups is 12. The fourth-order valence-electron chi connectivity index (χ4n) is 11.9. The van der Waals surface area contributed by atoms with Crippen LogP contribution in [0, 0.1) is 29.6 Å². The molecule has 0 spiro atoms. The Balaban J connectivity index is 1.05. The van der Waals surface area contributed by atoms with E-state index in [1.165, 1.54) is 6.07 Å². The lowest BCUT2D eigenvalue weighted by Gasteiger charge is -2.44. The second-order valence-corrected chi connectivity index (χ2v) is 20.7. The number of aromatic hydroxyl groups is 4. The number of carbonyl (C=O) groups excluding carboxylic acids is 2. The lowest BCUT2D eigenvalue weighted by molar-refractivity contribution is -0.347. The molecule has 22 atom stereocenters. The summed E-state index contributed by atoms with van der Waals surface area (Å²) in [6.07, 6.45) is -25.4. The Hall–Kier alpha value is -6.30. The first-order valence-corrected chi connectivity index (χ1v) is 24.8. The van der Waals surface area contributed by atoms with Gasteiger partial charge in [0, 0.05) is 30.6 Å². The lowest BCUT2D eigenvalue weighted by atomic mass is 9.71. The molecule has 18 N–H and O–H groups in total. The van der Waals surface area contributed by atoms with Crippen LogP contribution in [0.1, 0.15) is 35.4 Å². The molecule has 0 unspecified atom stereocenters. The van der Waals surface area contributed by atoms with Crippen LogP contribution in [0.4, 0.5) is 0 Å². The van der Waals surface area contributed by atoms with Crippen LogP contribution < -0.4 is 0 Å². The zero-order chi connectivity index (χ0) is 58.2. The molecule has 9 rings (SSSR count). The van der Waals surface area contributed by atoms with Crippen LogP contribution in [0.15, 0.2) is 59.6 Å². The number of aliphatic carboxylic acids is 2. The highest BCUT2D eigenvalue weighted by Crippen LogP contribution is 2.54. The van der Waals surface area contributed by atoms with Crippen LogP contribution >= 0.6 is 0 Å². The number of carboxylic acid groups (broad SMARTS) is 2. The molecule has 2 aromatic carbocycles. The highest BCUT2D eigenvalue weighted by atomic mass is 16.8. The van der Waals surface area contributed by atoms with Crippen molar-refractivity contribution < 1.29 is 149 Å². The van der Waals surface area contributed by atoms with Gasteiger partial charge in [-0.3, -0.25) is 4.79 Å². The Morgan fingerprint density at radius 2 is 1.02 bits per heavy atom. The van der Waals surface area contributed by atoms with Gasteiger partial charge in [0.1, 0.15) is 73.2 Å². The average molecular weight is 1140 g/mol. The molecular formula is C50H58O30. The third-order valence-corrected chi connectivity index (χ3v) is 15.9. The van der Waals surface area contributed by atoms with Crippen molar-refractivity contribution in [3.8, 4) is 23.0 Å². The van der Waals surface area contributed by atoms with Gasteiger partial charge in [0.2, 0.25) is 12.6 Å². The standard InChI is InChI=1S/C50H58O30/c51-9-27-35(59)37(61)39(63)47(77-27)79-45-33-30(19(11-73-45)41(65)66)25(57)7-49(33,71)13-75-43(69)18-3-16-5-23(55)24(56)6-17(16)29(15-1-2-21(53)22(54)4-15)32(18)44(70)76-14-50(72)8-26(58)31-20(42(67)68)12-74-46(34(31)50)80-48-40(64)38(62)36(60)28(10-52)78-48/h1-6,11-12,25-40,45-48,51-64,71-72H,7-10,13-14H2,(H,65,66)(H,67,68)/t25-,26-,27+,28+,29+,30-,31-,32+,33+,34+,35+,36+,37-,38-,39+,40+,45-,46-,47-,48-,49-,50-/m0/s1. The van der Waals surface area contributed by atoms with Crippen LogP contribution in [0.3, 0.4) is 0 Å². The van der Waals surface area contributed by atoms with Gasteiger partial charge in [-0.05, 0) is 47.0 Å². The number of carboxylic acids is 2. The number of hydrogen-bond donors (Lipinski definition) is 18. The molecule has 0 bridgehead atoms. The van der Waals surface area contributed by atoms with Crippen LogP contribution in [-0.4, -0.2) is 240 Å². The third kappa shape index (κ3) is 10.3. The molecule has 0 aromatic heterocycles. The topological polar surface area (TPSA) is 506 Å². The van der Waals surface area contributed by atoms with Crippen molar-refractivity contribution in [3.63, 3.8) is 0 Å². The molecule has 7 aliphatic rings. The van der Waals surface area contributed by atoms with Gasteiger partial charge in [-0.15, -0.1) is 0 Å². The first kappa shape index (κ1) is 58.4. The molecular weight excluding hydrogens is 1080 g/mol. The fraction of sp³-hybridized carbons (Fsp3) is 0.560. The molecule has 80 heavy (non-hydrogen) atoms. The minimum Gasteiger partial charge on any atom is -0.504 e. The maximum Gasteiger partial charge on any atom is 0.335 e. The number of ether oxygens (including phenoxy) is 8. The maximum absolute atomic E-state index is 15.1. The molecule has 4 aliphatic heterocycles.